The molecule has 1 heterocycles. The van der Waals surface area contributed by atoms with Crippen molar-refractivity contribution in [2.75, 3.05) is 4.72 Å². The van der Waals surface area contributed by atoms with Crippen LogP contribution in [-0.4, -0.2) is 4.98 Å². The van der Waals surface area contributed by atoms with E-state index in [1.165, 1.54) is 18.2 Å². The predicted octanol–water partition coefficient (Wildman–Crippen LogP) is 4.50. The van der Waals surface area contributed by atoms with E-state index in [2.05, 4.69) is 9.71 Å². The molecule has 0 atom stereocenters. The van der Waals surface area contributed by atoms with Crippen molar-refractivity contribution in [3.63, 3.8) is 0 Å². The lowest BCUT2D eigenvalue weighted by molar-refractivity contribution is -0.140. The smallest absolute Gasteiger partial charge is 0.310 e. The molecule has 106 valence electrons. The highest BCUT2D eigenvalue weighted by Crippen LogP contribution is 2.34. The number of rotatable bonds is 3. The Bertz CT molecular complexity index is 615. The highest BCUT2D eigenvalue weighted by atomic mass is 32.2. The van der Waals surface area contributed by atoms with Gasteiger partial charge in [0.1, 0.15) is 11.6 Å². The minimum absolute atomic E-state index is 0.129. The van der Waals surface area contributed by atoms with E-state index >= 15 is 0 Å². The van der Waals surface area contributed by atoms with Crippen LogP contribution in [0.4, 0.5) is 27.8 Å². The van der Waals surface area contributed by atoms with Crippen LogP contribution >= 0.6 is 11.9 Å². The Hall–Kier alpha value is -1.83. The molecule has 0 amide bonds. The van der Waals surface area contributed by atoms with E-state index in [1.54, 1.807) is 0 Å². The molecule has 0 bridgehead atoms. The maximum atomic E-state index is 13.1. The fourth-order valence-electron chi connectivity index (χ4n) is 1.36. The summed E-state index contributed by atoms with van der Waals surface area (Å²) in [5.74, 6) is -1.91. The molecule has 0 radical (unpaired) electrons. The Labute approximate surface area is 115 Å². The first-order valence-corrected chi connectivity index (χ1v) is 6.10. The molecule has 0 saturated carbocycles. The molecule has 0 aliphatic rings. The Morgan fingerprint density at radius 3 is 2.45 bits per heavy atom. The third kappa shape index (κ3) is 3.60. The van der Waals surface area contributed by atoms with Crippen LogP contribution in [0.2, 0.25) is 0 Å². The van der Waals surface area contributed by atoms with Crippen LogP contribution in [0.5, 0.6) is 0 Å². The van der Waals surface area contributed by atoms with Gasteiger partial charge < -0.3 is 4.72 Å². The van der Waals surface area contributed by atoms with Crippen molar-refractivity contribution in [3.8, 4) is 0 Å². The number of aromatic nitrogens is 1. The summed E-state index contributed by atoms with van der Waals surface area (Å²) in [6.45, 7) is 0. The molecule has 0 saturated heterocycles. The van der Waals surface area contributed by atoms with Gasteiger partial charge in [0, 0.05) is 4.90 Å². The molecule has 0 fully saturated rings. The zero-order valence-electron chi connectivity index (χ0n) is 9.71. The van der Waals surface area contributed by atoms with Crippen LogP contribution in [0.25, 0.3) is 0 Å². The molecular formula is C12H7F5N2S. The van der Waals surface area contributed by atoms with Crippen molar-refractivity contribution in [2.24, 2.45) is 0 Å². The third-order valence-electron chi connectivity index (χ3n) is 2.23. The van der Waals surface area contributed by atoms with E-state index in [0.717, 1.165) is 24.1 Å². The standard InChI is InChI=1S/C12H7F5N2S/c13-9-5-4-7(6-8(9)12(15,16)17)20-19-11-3-1-2-10(14)18-11/h1-6H,(H,18,19). The maximum Gasteiger partial charge on any atom is 0.419 e. The summed E-state index contributed by atoms with van der Waals surface area (Å²) in [5, 5.41) is 0. The average Bonchev–Trinajstić information content (AvgIpc) is 2.36. The summed E-state index contributed by atoms with van der Waals surface area (Å²) in [4.78, 5) is 3.61. The van der Waals surface area contributed by atoms with Crippen LogP contribution in [-0.2, 0) is 6.18 Å². The van der Waals surface area contributed by atoms with Gasteiger partial charge in [-0.15, -0.1) is 0 Å². The summed E-state index contributed by atoms with van der Waals surface area (Å²) >= 11 is 0.775. The Morgan fingerprint density at radius 2 is 1.80 bits per heavy atom. The van der Waals surface area contributed by atoms with Gasteiger partial charge in [0.2, 0.25) is 5.95 Å². The first kappa shape index (κ1) is 14.6. The SMILES string of the molecule is Fc1cccc(NSc2ccc(F)c(C(F)(F)F)c2)n1. The van der Waals surface area contributed by atoms with Gasteiger partial charge in [0.25, 0.3) is 0 Å². The van der Waals surface area contributed by atoms with Crippen molar-refractivity contribution in [1.29, 1.82) is 0 Å². The molecule has 8 heteroatoms. The molecule has 0 unspecified atom stereocenters. The molecule has 0 aliphatic carbocycles. The van der Waals surface area contributed by atoms with Crippen LogP contribution in [0, 0.1) is 11.8 Å². The number of halogens is 5. The molecule has 1 N–H and O–H groups in total. The quantitative estimate of drug-likeness (QED) is 0.513. The summed E-state index contributed by atoms with van der Waals surface area (Å²) in [7, 11) is 0. The van der Waals surface area contributed by atoms with Gasteiger partial charge in [-0.05, 0) is 42.3 Å². The summed E-state index contributed by atoms with van der Waals surface area (Å²) in [6.07, 6.45) is -4.77. The van der Waals surface area contributed by atoms with Crippen LogP contribution in [0.15, 0.2) is 41.3 Å². The summed E-state index contributed by atoms with van der Waals surface area (Å²) in [6, 6.07) is 6.57. The van der Waals surface area contributed by atoms with Crippen LogP contribution < -0.4 is 4.72 Å². The molecule has 2 rings (SSSR count). The number of alkyl halides is 3. The highest BCUT2D eigenvalue weighted by Gasteiger charge is 2.34. The third-order valence-corrected chi connectivity index (χ3v) is 3.03. The Balaban J connectivity index is 2.14. The molecule has 2 nitrogen and oxygen atoms in total. The molecule has 0 aliphatic heterocycles. The zero-order chi connectivity index (χ0) is 14.8. The number of nitrogens with zero attached hydrogens (tertiary/aromatic N) is 1. The van der Waals surface area contributed by atoms with Crippen molar-refractivity contribution in [1.82, 2.24) is 4.98 Å². The number of hydrogen-bond donors (Lipinski definition) is 1. The maximum absolute atomic E-state index is 13.1. The van der Waals surface area contributed by atoms with Crippen LogP contribution in [0.3, 0.4) is 0 Å². The Morgan fingerprint density at radius 1 is 1.05 bits per heavy atom. The van der Waals surface area contributed by atoms with Crippen LogP contribution in [0.1, 0.15) is 5.56 Å². The lowest BCUT2D eigenvalue weighted by Crippen LogP contribution is -2.08. The van der Waals surface area contributed by atoms with E-state index in [9.17, 15) is 22.0 Å². The van der Waals surface area contributed by atoms with E-state index in [-0.39, 0.29) is 10.7 Å². The summed E-state index contributed by atoms with van der Waals surface area (Å²) < 4.78 is 66.0. The van der Waals surface area contributed by atoms with Gasteiger partial charge in [-0.25, -0.2) is 9.37 Å². The number of benzene rings is 1. The first-order valence-electron chi connectivity index (χ1n) is 5.28. The molecule has 0 spiro atoms. The van der Waals surface area contributed by atoms with E-state index < -0.39 is 23.5 Å². The van der Waals surface area contributed by atoms with Crippen molar-refractivity contribution in [2.45, 2.75) is 11.1 Å². The first-order chi connectivity index (χ1) is 9.36. The van der Waals surface area contributed by atoms with Crippen molar-refractivity contribution < 1.29 is 22.0 Å². The van der Waals surface area contributed by atoms with Crippen molar-refractivity contribution >= 4 is 17.8 Å². The molecule has 1 aromatic carbocycles. The zero-order valence-corrected chi connectivity index (χ0v) is 10.5. The minimum atomic E-state index is -4.77. The minimum Gasteiger partial charge on any atom is -0.310 e. The lowest BCUT2D eigenvalue weighted by Gasteiger charge is -2.10. The molecular weight excluding hydrogens is 299 g/mol. The Kier molecular flexibility index (Phi) is 4.12. The van der Waals surface area contributed by atoms with Gasteiger partial charge in [-0.1, -0.05) is 6.07 Å². The van der Waals surface area contributed by atoms with Gasteiger partial charge in [-0.3, -0.25) is 0 Å². The molecule has 2 aromatic rings. The van der Waals surface area contributed by atoms with Crippen molar-refractivity contribution in [3.05, 3.63) is 53.7 Å². The number of hydrogen-bond acceptors (Lipinski definition) is 3. The topological polar surface area (TPSA) is 24.9 Å². The van der Waals surface area contributed by atoms with E-state index in [0.29, 0.717) is 6.07 Å². The number of anilines is 1. The number of nitrogens with one attached hydrogen (secondary N) is 1. The normalized spacial score (nSPS) is 11.4. The van der Waals surface area contributed by atoms with E-state index in [1.807, 2.05) is 0 Å². The largest absolute Gasteiger partial charge is 0.419 e. The fraction of sp³-hybridized carbons (Fsp3) is 0.0833. The number of pyridine rings is 1. The van der Waals surface area contributed by atoms with Gasteiger partial charge in [-0.2, -0.15) is 17.6 Å². The lowest BCUT2D eigenvalue weighted by atomic mass is 10.2. The van der Waals surface area contributed by atoms with Gasteiger partial charge in [0.05, 0.1) is 5.56 Å². The van der Waals surface area contributed by atoms with Gasteiger partial charge >= 0.3 is 6.18 Å². The highest BCUT2D eigenvalue weighted by molar-refractivity contribution is 8.00. The second kappa shape index (κ2) is 5.66. The average molecular weight is 306 g/mol. The fourth-order valence-corrected chi connectivity index (χ4v) is 2.01. The second-order valence-electron chi connectivity index (χ2n) is 3.69. The predicted molar refractivity (Wildman–Crippen MR) is 65.1 cm³/mol. The molecule has 1 aromatic heterocycles. The monoisotopic (exact) mass is 306 g/mol. The molecule has 20 heavy (non-hydrogen) atoms. The van der Waals surface area contributed by atoms with E-state index in [4.69, 9.17) is 0 Å². The second-order valence-corrected chi connectivity index (χ2v) is 4.57. The van der Waals surface area contributed by atoms with Gasteiger partial charge in [0.15, 0.2) is 0 Å². The summed E-state index contributed by atoms with van der Waals surface area (Å²) in [5.41, 5.74) is -1.35.